The summed E-state index contributed by atoms with van der Waals surface area (Å²) in [5.41, 5.74) is 6.07. The second-order valence-electron chi connectivity index (χ2n) is 13.4. The highest BCUT2D eigenvalue weighted by Crippen LogP contribution is 2.42. The molecule has 1 aromatic carbocycles. The lowest BCUT2D eigenvalue weighted by Crippen LogP contribution is -2.71. The van der Waals surface area contributed by atoms with Crippen LogP contribution in [-0.4, -0.2) is 125 Å². The van der Waals surface area contributed by atoms with Crippen molar-refractivity contribution in [2.24, 2.45) is 5.16 Å². The highest BCUT2D eigenvalue weighted by molar-refractivity contribution is 8.00. The lowest BCUT2D eigenvalue weighted by Gasteiger charge is -2.50. The molecule has 0 spiro atoms. The maximum absolute atomic E-state index is 13.8. The first-order valence-electron chi connectivity index (χ1n) is 17.2. The molecule has 7 N–H and O–H groups in total. The first-order valence-corrected chi connectivity index (χ1v) is 19.4. The molecule has 0 radical (unpaired) electrons. The van der Waals surface area contributed by atoms with Gasteiger partial charge in [-0.3, -0.25) is 24.1 Å². The van der Waals surface area contributed by atoms with Crippen molar-refractivity contribution < 1.29 is 58.5 Å². The number of carbonyl (C=O) groups is 5. The fourth-order valence-electron chi connectivity index (χ4n) is 7.19. The van der Waals surface area contributed by atoms with Gasteiger partial charge in [-0.1, -0.05) is 28.1 Å². The number of anilines is 1. The van der Waals surface area contributed by atoms with Gasteiger partial charge in [-0.25, -0.2) is 14.6 Å². The van der Waals surface area contributed by atoms with Crippen molar-refractivity contribution in [3.05, 3.63) is 55.4 Å². The van der Waals surface area contributed by atoms with E-state index in [1.165, 1.54) is 35.9 Å². The number of carbonyl (C=O) groups excluding carboxylic acids is 3. The number of likely N-dealkylation sites (tertiary alicyclic amines) is 1. The molecule has 3 aliphatic rings. The molecule has 3 atom stereocenters. The second kappa shape index (κ2) is 16.0. The summed E-state index contributed by atoms with van der Waals surface area (Å²) in [7, 11) is 1.18. The molecule has 3 aliphatic heterocycles. The van der Waals surface area contributed by atoms with E-state index in [0.717, 1.165) is 24.2 Å². The van der Waals surface area contributed by atoms with Crippen LogP contribution in [0.5, 0.6) is 11.5 Å². The number of esters is 1. The molecule has 2 aromatic heterocycles. The second-order valence-corrected chi connectivity index (χ2v) is 16.1. The number of pyridine rings is 1. The van der Waals surface area contributed by atoms with Crippen molar-refractivity contribution in [2.75, 3.05) is 38.2 Å². The van der Waals surface area contributed by atoms with E-state index in [1.807, 2.05) is 11.5 Å². The van der Waals surface area contributed by atoms with Gasteiger partial charge < -0.3 is 50.1 Å². The molecule has 2 fully saturated rings. The summed E-state index contributed by atoms with van der Waals surface area (Å²) >= 11 is 8.27. The van der Waals surface area contributed by atoms with Crippen molar-refractivity contribution in [3.8, 4) is 11.5 Å². The first kappa shape index (κ1) is 40.3. The number of nitrogens with one attached hydrogen (secondary N) is 1. The third kappa shape index (κ3) is 7.71. The number of hydrogen-bond acceptors (Lipinski definition) is 15. The molecule has 3 unspecified atom stereocenters. The number of thiazole rings is 1. The molecule has 2 saturated heterocycles. The number of aromatic hydroxyl groups is 2. The predicted octanol–water partition coefficient (Wildman–Crippen LogP) is 1.41. The maximum Gasteiger partial charge on any atom is 0.355 e. The van der Waals surface area contributed by atoms with Crippen LogP contribution >= 0.6 is 34.7 Å². The number of methoxy groups -OCH3 is 1. The average Bonchev–Trinajstić information content (AvgIpc) is 3.75. The van der Waals surface area contributed by atoms with E-state index in [-0.39, 0.29) is 49.7 Å². The number of carboxylic acid groups (broad SMARTS) is 2. The van der Waals surface area contributed by atoms with Gasteiger partial charge in [-0.05, 0) is 13.0 Å². The Kier molecular flexibility index (Phi) is 11.5. The molecule has 0 aliphatic carbocycles. The van der Waals surface area contributed by atoms with Crippen LogP contribution in [-0.2, 0) is 46.6 Å². The minimum absolute atomic E-state index is 0.0199. The third-order valence-corrected chi connectivity index (χ3v) is 12.2. The Morgan fingerprint density at radius 1 is 1.14 bits per heavy atom. The molecule has 0 saturated carbocycles. The Bertz CT molecular complexity index is 2270. The molecule has 19 nitrogen and oxygen atoms in total. The van der Waals surface area contributed by atoms with Crippen molar-refractivity contribution in [3.63, 3.8) is 0 Å². The Labute approximate surface area is 330 Å². The van der Waals surface area contributed by atoms with Gasteiger partial charge >= 0.3 is 17.9 Å². The van der Waals surface area contributed by atoms with Gasteiger partial charge in [0, 0.05) is 43.0 Å². The number of rotatable bonds is 14. The number of halogens is 1. The molecule has 5 heterocycles. The van der Waals surface area contributed by atoms with Gasteiger partial charge in [0.1, 0.15) is 40.2 Å². The van der Waals surface area contributed by atoms with Gasteiger partial charge in [-0.15, -0.1) is 11.8 Å². The number of thioether (sulfide) groups is 1. The summed E-state index contributed by atoms with van der Waals surface area (Å²) in [4.78, 5) is 87.5. The highest BCUT2D eigenvalue weighted by atomic mass is 35.5. The molecular weight excluding hydrogens is 798 g/mol. The van der Waals surface area contributed by atoms with Gasteiger partial charge in [0.2, 0.25) is 6.10 Å². The average molecular weight is 835 g/mol. The number of nitrogens with two attached hydrogens (primary N) is 1. The number of aromatic nitrogens is 2. The topological polar surface area (TPSA) is 273 Å². The monoisotopic (exact) mass is 834 g/mol. The lowest BCUT2D eigenvalue weighted by molar-refractivity contribution is -0.925. The van der Waals surface area contributed by atoms with Gasteiger partial charge in [0.15, 0.2) is 27.8 Å². The number of nitrogen functional groups attached to an aromatic ring is 1. The molecule has 298 valence electrons. The van der Waals surface area contributed by atoms with E-state index in [4.69, 9.17) is 32.0 Å². The highest BCUT2D eigenvalue weighted by Gasteiger charge is 2.55. The third-order valence-electron chi connectivity index (χ3n) is 9.80. The Balaban J connectivity index is 1.28. The van der Waals surface area contributed by atoms with Crippen LogP contribution in [0.25, 0.3) is 10.9 Å². The lowest BCUT2D eigenvalue weighted by atomic mass is 10.0. The fourth-order valence-corrected chi connectivity index (χ4v) is 9.46. The summed E-state index contributed by atoms with van der Waals surface area (Å²) in [6.45, 7) is 4.31. The van der Waals surface area contributed by atoms with E-state index in [1.54, 1.807) is 6.20 Å². The van der Waals surface area contributed by atoms with E-state index in [2.05, 4.69) is 15.5 Å². The molecule has 56 heavy (non-hydrogen) atoms. The number of β-lactam (4-membered cyclic amide) rings is 1. The number of amides is 2. The van der Waals surface area contributed by atoms with Gasteiger partial charge in [0.25, 0.3) is 11.8 Å². The van der Waals surface area contributed by atoms with Crippen LogP contribution < -0.4 is 16.5 Å². The molecule has 22 heteroatoms. The number of aliphatic carboxylic acids is 2. The maximum atomic E-state index is 13.8. The summed E-state index contributed by atoms with van der Waals surface area (Å²) in [5, 5.41) is 44.3. The number of ether oxygens (including phenoxy) is 1. The molecule has 0 bridgehead atoms. The summed E-state index contributed by atoms with van der Waals surface area (Å²) in [6.07, 6.45) is 0.475. The SMILES string of the molecule is CCn1cc(C[N+]2(CC3=C(C(=O)OC)N4C(=O)C(NC(=O)C(=NOC(CC(=O)O)C(=O)O)c5nc(N)sc5Cl)C4SC3)CCCC2)c(=O)c2cc(O)c(O)cc21. The zero-order valence-electron chi connectivity index (χ0n) is 29.9. The van der Waals surface area contributed by atoms with Gasteiger partial charge in [0.05, 0.1) is 43.1 Å². The Morgan fingerprint density at radius 2 is 1.84 bits per heavy atom. The van der Waals surface area contributed by atoms with E-state index >= 15 is 0 Å². The normalized spacial score (nSPS) is 19.7. The number of hydrogen-bond donors (Lipinski definition) is 6. The van der Waals surface area contributed by atoms with Crippen molar-refractivity contribution in [2.45, 2.75) is 56.8 Å². The quantitative estimate of drug-likeness (QED) is 0.0335. The van der Waals surface area contributed by atoms with Crippen molar-refractivity contribution in [1.82, 2.24) is 19.8 Å². The molecule has 3 aromatic rings. The largest absolute Gasteiger partial charge is 0.504 e. The Hall–Kier alpha value is -5.38. The van der Waals surface area contributed by atoms with Crippen molar-refractivity contribution >= 4 is 86.2 Å². The van der Waals surface area contributed by atoms with E-state index < -0.39 is 65.1 Å². The zero-order chi connectivity index (χ0) is 40.6. The van der Waals surface area contributed by atoms with Crippen LogP contribution in [0.4, 0.5) is 5.13 Å². The van der Waals surface area contributed by atoms with Crippen LogP contribution in [0.3, 0.4) is 0 Å². The van der Waals surface area contributed by atoms with Crippen LogP contribution in [0, 0.1) is 0 Å². The number of carboxylic acids is 2. The number of phenolic OH excluding ortho intramolecular Hbond substituents is 2. The number of fused-ring (bicyclic) bond motifs is 2. The minimum atomic E-state index is -1.98. The summed E-state index contributed by atoms with van der Waals surface area (Å²) < 4.78 is 7.24. The fraction of sp³-hybridized carbons (Fsp3) is 0.412. The molecule has 6 rings (SSSR count). The van der Waals surface area contributed by atoms with Crippen molar-refractivity contribution in [1.29, 1.82) is 0 Å². The van der Waals surface area contributed by atoms with Gasteiger partial charge in [-0.2, -0.15) is 0 Å². The van der Waals surface area contributed by atoms with Crippen LogP contribution in [0.1, 0.15) is 37.4 Å². The Morgan fingerprint density at radius 3 is 2.45 bits per heavy atom. The van der Waals surface area contributed by atoms with E-state index in [9.17, 15) is 44.1 Å². The zero-order valence-corrected chi connectivity index (χ0v) is 32.3. The number of oxime groups is 1. The van der Waals surface area contributed by atoms with Crippen LogP contribution in [0.15, 0.2) is 39.5 Å². The summed E-state index contributed by atoms with van der Waals surface area (Å²) in [6, 6.07) is 1.40. The number of quaternary nitrogens is 1. The first-order chi connectivity index (χ1) is 26.6. The predicted molar refractivity (Wildman–Crippen MR) is 202 cm³/mol. The number of benzene rings is 1. The van der Waals surface area contributed by atoms with Crippen LogP contribution in [0.2, 0.25) is 4.34 Å². The standard InChI is InChI=1S/C34H36ClN7O12S2/c1-3-40-11-15(27(47)17-8-19(43)20(44)9-18(17)40)12-42(6-4-5-7-42)13-16-14-55-31-25(30(49)41(31)26(16)33(52)53-2)37-29(48)24(23-28(35)56-34(36)38-23)39-54-21(32(50)51)10-22(45)46/h8-9,11,21,25,31H,3-7,10,12-14H2,1-2H3,(H6-,36,37,38,39,43,44,45,46,47,48,50,51)/p+1. The minimum Gasteiger partial charge on any atom is -0.504 e. The summed E-state index contributed by atoms with van der Waals surface area (Å²) in [5.74, 6) is -6.18. The smallest absolute Gasteiger partial charge is 0.355 e. The number of phenols is 2. The number of nitrogens with zero attached hydrogens (tertiary/aromatic N) is 5. The molecular formula is C34H37ClN7O12S2+. The van der Waals surface area contributed by atoms with E-state index in [0.29, 0.717) is 47.3 Å². The molecule has 2 amide bonds. The number of aryl methyl sites for hydroxylation is 1.